The maximum atomic E-state index is 12.4. The van der Waals surface area contributed by atoms with E-state index in [4.69, 9.17) is 0 Å². The Balaban J connectivity index is 1.62. The molecule has 8 heteroatoms. The van der Waals surface area contributed by atoms with Gasteiger partial charge in [0.1, 0.15) is 0 Å². The molecule has 2 aliphatic carbocycles. The van der Waals surface area contributed by atoms with E-state index in [9.17, 15) is 16.8 Å². The summed E-state index contributed by atoms with van der Waals surface area (Å²) in [5, 5.41) is 0. The van der Waals surface area contributed by atoms with Crippen LogP contribution in [0.4, 0.5) is 0 Å². The summed E-state index contributed by atoms with van der Waals surface area (Å²) in [5.41, 5.74) is 2.01. The van der Waals surface area contributed by atoms with Gasteiger partial charge in [-0.3, -0.25) is 0 Å². The second-order valence-electron chi connectivity index (χ2n) is 6.47. The van der Waals surface area contributed by atoms with E-state index in [-0.39, 0.29) is 21.2 Å². The molecule has 0 N–H and O–H groups in total. The zero-order valence-electron chi connectivity index (χ0n) is 15.6. The van der Waals surface area contributed by atoms with Crippen LogP contribution < -0.4 is 0 Å². The predicted octanol–water partition coefficient (Wildman–Crippen LogP) is 3.64. The third-order valence-corrected chi connectivity index (χ3v) is 6.98. The van der Waals surface area contributed by atoms with Crippen molar-refractivity contribution in [1.29, 1.82) is 0 Å². The van der Waals surface area contributed by atoms with E-state index in [0.29, 0.717) is 0 Å². The molecule has 150 valence electrons. The Morgan fingerprint density at radius 3 is 1.23 bits per heavy atom. The van der Waals surface area contributed by atoms with Gasteiger partial charge in [-0.15, -0.1) is 0 Å². The molecule has 4 rings (SSSR count). The van der Waals surface area contributed by atoms with Gasteiger partial charge in [0.25, 0.3) is 20.0 Å². The third kappa shape index (κ3) is 4.29. The quantitative estimate of drug-likeness (QED) is 0.731. The van der Waals surface area contributed by atoms with Crippen molar-refractivity contribution in [2.75, 3.05) is 0 Å². The van der Waals surface area contributed by atoms with E-state index < -0.39 is 20.0 Å². The van der Waals surface area contributed by atoms with Gasteiger partial charge < -0.3 is 0 Å². The maximum Gasteiger partial charge on any atom is 0.282 e. The fourth-order valence-corrected chi connectivity index (χ4v) is 4.90. The summed E-state index contributed by atoms with van der Waals surface area (Å²) in [6.45, 7) is 0. The van der Waals surface area contributed by atoms with Crippen molar-refractivity contribution < 1.29 is 16.8 Å². The Bertz CT molecular complexity index is 1270. The maximum absolute atomic E-state index is 12.4. The van der Waals surface area contributed by atoms with Gasteiger partial charge >= 0.3 is 0 Å². The largest absolute Gasteiger partial charge is 0.282 e. The highest BCUT2D eigenvalue weighted by molar-refractivity contribution is 7.90. The Morgan fingerprint density at radius 1 is 0.500 bits per heavy atom. The highest BCUT2D eigenvalue weighted by Gasteiger charge is 2.18. The minimum atomic E-state index is -3.82. The lowest BCUT2D eigenvalue weighted by atomic mass is 9.93. The number of allylic oxidation sites excluding steroid dienone is 8. The Morgan fingerprint density at radius 2 is 0.867 bits per heavy atom. The molecule has 2 aliphatic rings. The van der Waals surface area contributed by atoms with Gasteiger partial charge in [0.2, 0.25) is 0 Å². The van der Waals surface area contributed by atoms with Crippen molar-refractivity contribution >= 4 is 31.5 Å². The molecule has 0 radical (unpaired) electrons. The lowest BCUT2D eigenvalue weighted by Crippen LogP contribution is -2.09. The summed E-state index contributed by atoms with van der Waals surface area (Å²) in [5.74, 6) is 0. The normalized spacial score (nSPS) is 18.8. The SMILES string of the molecule is O=S(=O)(/N=C1\C=CC2=C/C(=N/S(=O)(=O)c3ccccc3)C=CC2=C1)c1ccccc1. The monoisotopic (exact) mass is 436 g/mol. The van der Waals surface area contributed by atoms with E-state index in [1.165, 1.54) is 24.3 Å². The van der Waals surface area contributed by atoms with E-state index >= 15 is 0 Å². The highest BCUT2D eigenvalue weighted by atomic mass is 32.2. The lowest BCUT2D eigenvalue weighted by Gasteiger charge is -2.14. The van der Waals surface area contributed by atoms with Crippen molar-refractivity contribution in [3.05, 3.63) is 108 Å². The van der Waals surface area contributed by atoms with Crippen LogP contribution in [0.5, 0.6) is 0 Å². The molecular formula is C22H16N2O4S2. The summed E-state index contributed by atoms with van der Waals surface area (Å²) in [7, 11) is -7.64. The molecule has 2 aromatic carbocycles. The highest BCUT2D eigenvalue weighted by Crippen LogP contribution is 2.24. The average molecular weight is 437 g/mol. The fraction of sp³-hybridized carbons (Fsp3) is 0. The van der Waals surface area contributed by atoms with Crippen LogP contribution in [0, 0.1) is 0 Å². The molecule has 0 aromatic heterocycles. The second-order valence-corrected chi connectivity index (χ2v) is 9.68. The van der Waals surface area contributed by atoms with Crippen LogP contribution in [0.3, 0.4) is 0 Å². The van der Waals surface area contributed by atoms with Gasteiger partial charge in [0, 0.05) is 0 Å². The summed E-state index contributed by atoms with van der Waals surface area (Å²) >= 11 is 0. The first-order valence-corrected chi connectivity index (χ1v) is 11.8. The average Bonchev–Trinajstić information content (AvgIpc) is 2.75. The number of fused-ring (bicyclic) bond motifs is 1. The van der Waals surface area contributed by atoms with Crippen molar-refractivity contribution in [3.63, 3.8) is 0 Å². The van der Waals surface area contributed by atoms with Crippen molar-refractivity contribution in [1.82, 2.24) is 0 Å². The van der Waals surface area contributed by atoms with Gasteiger partial charge in [-0.25, -0.2) is 0 Å². The molecule has 30 heavy (non-hydrogen) atoms. The Hall–Kier alpha value is -3.36. The zero-order valence-corrected chi connectivity index (χ0v) is 17.2. The standard InChI is InChI=1S/C22H16N2O4S2/c25-29(26,21-7-3-1-4-8-21)23-19-13-11-18-16-20(14-12-17(18)15-19)24-30(27,28)22-9-5-2-6-10-22/h1-16H/b23-19+,24-20+. The molecule has 0 unspecified atom stereocenters. The van der Waals surface area contributed by atoms with Crippen LogP contribution >= 0.6 is 0 Å². The molecule has 0 spiro atoms. The van der Waals surface area contributed by atoms with E-state index in [1.54, 1.807) is 72.9 Å². The van der Waals surface area contributed by atoms with Crippen molar-refractivity contribution in [2.24, 2.45) is 8.80 Å². The summed E-state index contributed by atoms with van der Waals surface area (Å²) < 4.78 is 57.5. The van der Waals surface area contributed by atoms with Gasteiger partial charge in [-0.1, -0.05) is 48.6 Å². The molecule has 0 fully saturated rings. The second kappa shape index (κ2) is 7.81. The molecule has 0 heterocycles. The van der Waals surface area contributed by atoms with Crippen LogP contribution in [-0.4, -0.2) is 28.3 Å². The Labute approximate surface area is 175 Å². The van der Waals surface area contributed by atoms with Crippen LogP contribution in [0.15, 0.2) is 127 Å². The first kappa shape index (κ1) is 19.9. The predicted molar refractivity (Wildman–Crippen MR) is 117 cm³/mol. The van der Waals surface area contributed by atoms with E-state index in [1.807, 2.05) is 0 Å². The number of nitrogens with zero attached hydrogens (tertiary/aromatic N) is 2. The van der Waals surface area contributed by atoms with Crippen LogP contribution in [0.2, 0.25) is 0 Å². The van der Waals surface area contributed by atoms with Crippen LogP contribution in [-0.2, 0) is 20.0 Å². The van der Waals surface area contributed by atoms with E-state index in [0.717, 1.165) is 11.1 Å². The molecule has 0 amide bonds. The summed E-state index contributed by atoms with van der Waals surface area (Å²) in [6.07, 6.45) is 9.76. The Kier molecular flexibility index (Phi) is 5.19. The smallest absolute Gasteiger partial charge is 0.199 e. The lowest BCUT2D eigenvalue weighted by molar-refractivity contribution is 0.596. The summed E-state index contributed by atoms with van der Waals surface area (Å²) in [6, 6.07) is 16.0. The number of hydrogen-bond donors (Lipinski definition) is 0. The number of rotatable bonds is 4. The zero-order chi connectivity index (χ0) is 21.2. The molecule has 2 aromatic rings. The van der Waals surface area contributed by atoms with Gasteiger partial charge in [0.15, 0.2) is 0 Å². The van der Waals surface area contributed by atoms with Crippen LogP contribution in [0.25, 0.3) is 0 Å². The molecular weight excluding hydrogens is 420 g/mol. The van der Waals surface area contributed by atoms with Gasteiger partial charge in [-0.2, -0.15) is 25.6 Å². The van der Waals surface area contributed by atoms with E-state index in [2.05, 4.69) is 8.80 Å². The first-order valence-electron chi connectivity index (χ1n) is 8.93. The van der Waals surface area contributed by atoms with Crippen molar-refractivity contribution in [2.45, 2.75) is 9.79 Å². The molecule has 0 saturated heterocycles. The number of sulfonamides is 2. The molecule has 0 aliphatic heterocycles. The molecule has 0 saturated carbocycles. The first-order chi connectivity index (χ1) is 14.3. The fourth-order valence-electron chi connectivity index (χ4n) is 2.90. The van der Waals surface area contributed by atoms with Gasteiger partial charge in [-0.05, 0) is 59.7 Å². The molecule has 0 atom stereocenters. The minimum absolute atomic E-state index is 0.116. The van der Waals surface area contributed by atoms with Crippen LogP contribution in [0.1, 0.15) is 0 Å². The minimum Gasteiger partial charge on any atom is -0.199 e. The van der Waals surface area contributed by atoms with Crippen molar-refractivity contribution in [3.8, 4) is 0 Å². The summed E-state index contributed by atoms with van der Waals surface area (Å²) in [4.78, 5) is 0.232. The number of hydrogen-bond acceptors (Lipinski definition) is 4. The topological polar surface area (TPSA) is 93.0 Å². The van der Waals surface area contributed by atoms with Gasteiger partial charge in [0.05, 0.1) is 21.2 Å². The molecule has 6 nitrogen and oxygen atoms in total. The number of benzene rings is 2. The molecule has 0 bridgehead atoms. The third-order valence-electron chi connectivity index (χ3n) is 4.34.